The Hall–Kier alpha value is -2.15. The Labute approximate surface area is 183 Å². The fourth-order valence-electron chi connectivity index (χ4n) is 4.11. The predicted molar refractivity (Wildman–Crippen MR) is 118 cm³/mol. The Morgan fingerprint density at radius 1 is 1.17 bits per heavy atom. The van der Waals surface area contributed by atoms with Gasteiger partial charge < -0.3 is 10.6 Å². The highest BCUT2D eigenvalue weighted by atomic mass is 35.5. The van der Waals surface area contributed by atoms with Crippen LogP contribution in [0.1, 0.15) is 63.5 Å². The molecule has 1 atom stereocenters. The van der Waals surface area contributed by atoms with Gasteiger partial charge >= 0.3 is 0 Å². The second-order valence-corrected chi connectivity index (χ2v) is 9.01. The largest absolute Gasteiger partial charge is 0.356 e. The Kier molecular flexibility index (Phi) is 6.87. The highest BCUT2D eigenvalue weighted by molar-refractivity contribution is 6.32. The quantitative estimate of drug-likeness (QED) is 0.745. The molecule has 8 heteroatoms. The molecule has 1 saturated carbocycles. The molecule has 1 saturated heterocycles. The molecule has 162 valence electrons. The van der Waals surface area contributed by atoms with Gasteiger partial charge in [-0.15, -0.1) is 0 Å². The van der Waals surface area contributed by atoms with Crippen molar-refractivity contribution in [3.8, 4) is 11.3 Å². The van der Waals surface area contributed by atoms with Gasteiger partial charge in [0.05, 0.1) is 23.1 Å². The van der Waals surface area contributed by atoms with Crippen LogP contribution in [0.4, 0.5) is 5.95 Å². The maximum absolute atomic E-state index is 11.7. The highest BCUT2D eigenvalue weighted by Gasteiger charge is 2.26. The van der Waals surface area contributed by atoms with Gasteiger partial charge in [0.2, 0.25) is 11.9 Å². The van der Waals surface area contributed by atoms with E-state index >= 15 is 0 Å². The predicted octanol–water partition coefficient (Wildman–Crippen LogP) is 4.12. The van der Waals surface area contributed by atoms with E-state index in [1.54, 1.807) is 6.20 Å². The van der Waals surface area contributed by atoms with E-state index in [0.29, 0.717) is 17.4 Å². The molecule has 0 bridgehead atoms. The number of amides is 1. The second-order valence-electron chi connectivity index (χ2n) is 8.60. The average molecular weight is 431 g/mol. The molecule has 1 aliphatic carbocycles. The highest BCUT2D eigenvalue weighted by Crippen LogP contribution is 2.36. The van der Waals surface area contributed by atoms with Crippen molar-refractivity contribution in [2.45, 2.75) is 70.3 Å². The smallest absolute Gasteiger partial charge is 0.223 e. The van der Waals surface area contributed by atoms with Crippen LogP contribution < -0.4 is 10.6 Å². The summed E-state index contributed by atoms with van der Waals surface area (Å²) in [7, 11) is 1.98. The molecule has 0 radical (unpaired) electrons. The fraction of sp³-hybridized carbons (Fsp3) is 0.636. The first-order chi connectivity index (χ1) is 14.6. The van der Waals surface area contributed by atoms with Crippen molar-refractivity contribution in [1.82, 2.24) is 25.1 Å². The molecule has 3 heterocycles. The number of carbonyl (C=O) groups is 1. The van der Waals surface area contributed by atoms with Gasteiger partial charge in [0, 0.05) is 37.3 Å². The van der Waals surface area contributed by atoms with Gasteiger partial charge in [-0.25, -0.2) is 9.97 Å². The molecule has 2 aromatic rings. The molecular formula is C22H31ClN6O. The molecule has 4 rings (SSSR count). The summed E-state index contributed by atoms with van der Waals surface area (Å²) in [6, 6.07) is 0.286. The second kappa shape index (κ2) is 9.77. The number of aryl methyl sites for hydroxylation is 1. The Balaban J connectivity index is 1.49. The maximum atomic E-state index is 11.7. The lowest BCUT2D eigenvalue weighted by molar-refractivity contribution is -0.121. The van der Waals surface area contributed by atoms with Gasteiger partial charge in [0.25, 0.3) is 0 Å². The van der Waals surface area contributed by atoms with Gasteiger partial charge in [-0.05, 0) is 50.9 Å². The SMILES string of the molecule is Cn1ncc(-c2nc(N[C@H]3CCCCCC(=O)NCCC3)ncc2Cl)c1CC1CC1. The van der Waals surface area contributed by atoms with Gasteiger partial charge in [-0.1, -0.05) is 24.4 Å². The van der Waals surface area contributed by atoms with Gasteiger partial charge in [0.1, 0.15) is 0 Å². The first-order valence-corrected chi connectivity index (χ1v) is 11.5. The van der Waals surface area contributed by atoms with E-state index in [2.05, 4.69) is 20.7 Å². The zero-order chi connectivity index (χ0) is 20.9. The van der Waals surface area contributed by atoms with E-state index in [4.69, 9.17) is 16.6 Å². The molecular weight excluding hydrogens is 400 g/mol. The molecule has 0 unspecified atom stereocenters. The molecule has 0 spiro atoms. The monoisotopic (exact) mass is 430 g/mol. The Bertz CT molecular complexity index is 879. The fourth-order valence-corrected chi connectivity index (χ4v) is 4.31. The summed E-state index contributed by atoms with van der Waals surface area (Å²) in [5.74, 6) is 1.54. The topological polar surface area (TPSA) is 84.7 Å². The number of nitrogens with zero attached hydrogens (tertiary/aromatic N) is 4. The molecule has 1 amide bonds. The van der Waals surface area contributed by atoms with Crippen LogP contribution in [0.15, 0.2) is 12.4 Å². The van der Waals surface area contributed by atoms with Crippen molar-refractivity contribution >= 4 is 23.5 Å². The van der Waals surface area contributed by atoms with Crippen molar-refractivity contribution in [3.63, 3.8) is 0 Å². The van der Waals surface area contributed by atoms with Crippen molar-refractivity contribution in [1.29, 1.82) is 0 Å². The standard InChI is InChI=1S/C22H31ClN6O/c1-29-19(12-15-9-10-15)17(13-26-29)21-18(23)14-25-22(28-21)27-16-6-3-2-4-8-20(30)24-11-5-7-16/h13-16H,2-12H2,1H3,(H,24,30)(H,25,27,28)/t16-/m0/s1. The molecule has 2 aromatic heterocycles. The minimum atomic E-state index is 0.172. The first kappa shape index (κ1) is 21.1. The number of carbonyl (C=O) groups excluding carboxylic acids is 1. The molecule has 2 aliphatic rings. The van der Waals surface area contributed by atoms with Crippen LogP contribution in [0.2, 0.25) is 5.02 Å². The number of aromatic nitrogens is 4. The molecule has 7 nitrogen and oxygen atoms in total. The number of rotatable bonds is 5. The van der Waals surface area contributed by atoms with Crippen LogP contribution in [0.25, 0.3) is 11.3 Å². The minimum Gasteiger partial charge on any atom is -0.356 e. The van der Waals surface area contributed by atoms with Crippen molar-refractivity contribution in [3.05, 3.63) is 23.1 Å². The van der Waals surface area contributed by atoms with E-state index in [1.165, 1.54) is 18.5 Å². The summed E-state index contributed by atoms with van der Waals surface area (Å²) in [4.78, 5) is 21.0. The first-order valence-electron chi connectivity index (χ1n) is 11.2. The summed E-state index contributed by atoms with van der Waals surface area (Å²) in [5, 5.41) is 11.5. The number of nitrogens with one attached hydrogen (secondary N) is 2. The Morgan fingerprint density at radius 3 is 2.83 bits per heavy atom. The van der Waals surface area contributed by atoms with Crippen LogP contribution in [0.5, 0.6) is 0 Å². The zero-order valence-electron chi connectivity index (χ0n) is 17.7. The van der Waals surface area contributed by atoms with Crippen molar-refractivity contribution < 1.29 is 4.79 Å². The third kappa shape index (κ3) is 5.50. The molecule has 2 N–H and O–H groups in total. The van der Waals surface area contributed by atoms with E-state index in [9.17, 15) is 4.79 Å². The van der Waals surface area contributed by atoms with Gasteiger partial charge in [0.15, 0.2) is 0 Å². The Morgan fingerprint density at radius 2 is 2.00 bits per heavy atom. The molecule has 1 aliphatic heterocycles. The molecule has 30 heavy (non-hydrogen) atoms. The minimum absolute atomic E-state index is 0.172. The molecule has 2 fully saturated rings. The lowest BCUT2D eigenvalue weighted by Crippen LogP contribution is -2.26. The third-order valence-electron chi connectivity index (χ3n) is 6.08. The number of anilines is 1. The van der Waals surface area contributed by atoms with Crippen LogP contribution in [0.3, 0.4) is 0 Å². The van der Waals surface area contributed by atoms with Gasteiger partial charge in [-0.2, -0.15) is 5.10 Å². The van der Waals surface area contributed by atoms with E-state index in [1.807, 2.05) is 17.9 Å². The number of hydrogen-bond donors (Lipinski definition) is 2. The zero-order valence-corrected chi connectivity index (χ0v) is 18.4. The van der Waals surface area contributed by atoms with Crippen LogP contribution in [-0.4, -0.2) is 38.2 Å². The summed E-state index contributed by atoms with van der Waals surface area (Å²) in [6.07, 6.45) is 13.9. The van der Waals surface area contributed by atoms with E-state index in [0.717, 1.165) is 68.7 Å². The maximum Gasteiger partial charge on any atom is 0.223 e. The van der Waals surface area contributed by atoms with Crippen molar-refractivity contribution in [2.24, 2.45) is 13.0 Å². The van der Waals surface area contributed by atoms with Crippen LogP contribution in [-0.2, 0) is 18.3 Å². The third-order valence-corrected chi connectivity index (χ3v) is 6.36. The lowest BCUT2D eigenvalue weighted by Gasteiger charge is -2.19. The molecule has 0 aromatic carbocycles. The summed E-state index contributed by atoms with van der Waals surface area (Å²) in [6.45, 7) is 0.726. The summed E-state index contributed by atoms with van der Waals surface area (Å²) >= 11 is 6.50. The van der Waals surface area contributed by atoms with Gasteiger partial charge in [-0.3, -0.25) is 9.48 Å². The van der Waals surface area contributed by atoms with E-state index < -0.39 is 0 Å². The summed E-state index contributed by atoms with van der Waals surface area (Å²) in [5.41, 5.74) is 2.95. The number of halogens is 1. The van der Waals surface area contributed by atoms with Crippen LogP contribution >= 0.6 is 11.6 Å². The summed E-state index contributed by atoms with van der Waals surface area (Å²) < 4.78 is 1.94. The normalized spacial score (nSPS) is 21.0. The van der Waals surface area contributed by atoms with Crippen molar-refractivity contribution in [2.75, 3.05) is 11.9 Å². The number of hydrogen-bond acceptors (Lipinski definition) is 5. The average Bonchev–Trinajstić information content (AvgIpc) is 3.48. The van der Waals surface area contributed by atoms with E-state index in [-0.39, 0.29) is 11.9 Å². The van der Waals surface area contributed by atoms with Crippen LogP contribution in [0, 0.1) is 5.92 Å². The lowest BCUT2D eigenvalue weighted by atomic mass is 10.0.